The van der Waals surface area contributed by atoms with E-state index in [1.54, 1.807) is 24.3 Å². The van der Waals surface area contributed by atoms with Gasteiger partial charge in [-0.1, -0.05) is 73.0 Å². The van der Waals surface area contributed by atoms with Crippen LogP contribution in [-0.2, 0) is 43.4 Å². The van der Waals surface area contributed by atoms with Gasteiger partial charge in [-0.05, 0) is 102 Å². The normalized spacial score (nSPS) is 15.9. The van der Waals surface area contributed by atoms with Crippen molar-refractivity contribution in [3.05, 3.63) is 147 Å². The Labute approximate surface area is 361 Å². The zero-order valence-corrected chi connectivity index (χ0v) is 36.3. The summed E-state index contributed by atoms with van der Waals surface area (Å²) >= 11 is 0.893. The minimum absolute atomic E-state index is 0.174. The summed E-state index contributed by atoms with van der Waals surface area (Å²) in [5, 5.41) is 29.4. The van der Waals surface area contributed by atoms with Gasteiger partial charge in [0.2, 0.25) is 5.36 Å². The molecule has 0 amide bonds. The third kappa shape index (κ3) is 6.62. The van der Waals surface area contributed by atoms with Gasteiger partial charge in [-0.15, -0.1) is 4.33 Å². The lowest BCUT2D eigenvalue weighted by Crippen LogP contribution is -2.30. The predicted octanol–water partition coefficient (Wildman–Crippen LogP) is 9.04. The smallest absolute Gasteiger partial charge is 0.335 e. The fourth-order valence-corrected chi connectivity index (χ4v) is 10.9. The fourth-order valence-electron chi connectivity index (χ4n) is 10.00. The van der Waals surface area contributed by atoms with Crippen LogP contribution in [0.2, 0.25) is 0 Å². The number of aromatic carboxylic acids is 1. The Morgan fingerprint density at radius 3 is 2.26 bits per heavy atom. The standard InChI is InChI=1S/C49H42N2O9S2/c1-27-6-8-28(9-7-27)23-51-26-49(4,5)42-44(51)38-21-34(62(55,56)57)16-17-35(38)39-22-40-36-19-31-14-15-33(61-60-59-54)18-32(31)20-37(36)43-41(46(40)58-45(39)42)48(2,3)25-50(43)24-29-10-12-30(13-11-29)47(52)53/h6-22H,23-26H2,1-5H3,(H2-,52,53,54,55,56,57)/p+1. The van der Waals surface area contributed by atoms with Crippen molar-refractivity contribution in [1.29, 1.82) is 0 Å². The number of carbonyl (C=O) groups is 1. The van der Waals surface area contributed by atoms with Gasteiger partial charge in [-0.2, -0.15) is 8.42 Å². The molecule has 314 valence electrons. The van der Waals surface area contributed by atoms with Crippen molar-refractivity contribution in [2.24, 2.45) is 0 Å². The highest BCUT2D eigenvalue weighted by Gasteiger charge is 2.46. The van der Waals surface area contributed by atoms with Gasteiger partial charge in [0.05, 0.1) is 44.6 Å². The molecule has 0 aliphatic carbocycles. The molecule has 3 aliphatic heterocycles. The van der Waals surface area contributed by atoms with Gasteiger partial charge < -0.3 is 14.7 Å². The van der Waals surface area contributed by atoms with Crippen LogP contribution in [0.1, 0.15) is 71.4 Å². The maximum atomic E-state index is 12.7. The molecular weight excluding hydrogens is 825 g/mol. The van der Waals surface area contributed by atoms with Crippen molar-refractivity contribution in [3.8, 4) is 11.5 Å². The second kappa shape index (κ2) is 14.4. The predicted molar refractivity (Wildman–Crippen MR) is 240 cm³/mol. The van der Waals surface area contributed by atoms with E-state index in [2.05, 4.69) is 91.6 Å². The molecule has 62 heavy (non-hydrogen) atoms. The molecule has 7 aromatic carbocycles. The Kier molecular flexibility index (Phi) is 9.34. The van der Waals surface area contributed by atoms with E-state index in [4.69, 9.17) is 14.3 Å². The highest BCUT2D eigenvalue weighted by atomic mass is 32.2. The molecule has 0 atom stereocenters. The molecule has 0 radical (unpaired) electrons. The average molecular weight is 868 g/mol. The van der Waals surface area contributed by atoms with E-state index in [9.17, 15) is 22.9 Å². The van der Waals surface area contributed by atoms with Crippen LogP contribution >= 0.6 is 12.0 Å². The summed E-state index contributed by atoms with van der Waals surface area (Å²) < 4.78 is 50.3. The molecule has 0 saturated heterocycles. The molecule has 0 fully saturated rings. The van der Waals surface area contributed by atoms with Crippen LogP contribution in [-0.4, -0.2) is 42.4 Å². The minimum atomic E-state index is -4.52. The molecule has 0 bridgehead atoms. The Morgan fingerprint density at radius 1 is 0.823 bits per heavy atom. The molecular formula is C49H43N2O9S2+. The number of aryl methyl sites for hydroxylation is 1. The number of carboxylic acids is 1. The van der Waals surface area contributed by atoms with Gasteiger partial charge in [0.1, 0.15) is 11.5 Å². The van der Waals surface area contributed by atoms with Gasteiger partial charge in [0.25, 0.3) is 10.1 Å². The van der Waals surface area contributed by atoms with Crippen molar-refractivity contribution >= 4 is 72.2 Å². The van der Waals surface area contributed by atoms with Crippen molar-refractivity contribution < 1.29 is 42.2 Å². The van der Waals surface area contributed by atoms with E-state index in [-0.39, 0.29) is 10.5 Å². The summed E-state index contributed by atoms with van der Waals surface area (Å²) in [6.07, 6.45) is 2.19. The van der Waals surface area contributed by atoms with E-state index in [0.29, 0.717) is 31.6 Å². The Balaban J connectivity index is 1.29. The molecule has 3 heterocycles. The maximum Gasteiger partial charge on any atom is 0.335 e. The molecule has 0 unspecified atom stereocenters. The first-order valence-corrected chi connectivity index (χ1v) is 22.4. The van der Waals surface area contributed by atoms with Gasteiger partial charge in [0.15, 0.2) is 13.1 Å². The van der Waals surface area contributed by atoms with Crippen molar-refractivity contribution in [2.75, 3.05) is 18.0 Å². The first kappa shape index (κ1) is 40.3. The maximum absolute atomic E-state index is 12.7. The van der Waals surface area contributed by atoms with Gasteiger partial charge >= 0.3 is 5.97 Å². The summed E-state index contributed by atoms with van der Waals surface area (Å²) in [4.78, 5) is 14.6. The number of hydrogen-bond acceptors (Lipinski definition) is 9. The van der Waals surface area contributed by atoms with E-state index >= 15 is 0 Å². The van der Waals surface area contributed by atoms with E-state index in [1.165, 1.54) is 6.07 Å². The summed E-state index contributed by atoms with van der Waals surface area (Å²) in [7, 11) is -4.52. The number of rotatable bonds is 9. The van der Waals surface area contributed by atoms with Crippen LogP contribution in [0.4, 0.5) is 5.69 Å². The van der Waals surface area contributed by atoms with Crippen LogP contribution in [0.15, 0.2) is 107 Å². The first-order valence-electron chi connectivity index (χ1n) is 20.3. The van der Waals surface area contributed by atoms with E-state index in [0.717, 1.165) is 105 Å². The number of nitrogens with zero attached hydrogens (tertiary/aromatic N) is 2. The molecule has 7 aromatic rings. The average Bonchev–Trinajstić information content (AvgIpc) is 3.66. The number of hydrogen-bond donors (Lipinski definition) is 3. The van der Waals surface area contributed by atoms with Crippen LogP contribution in [0, 0.1) is 6.92 Å². The lowest BCUT2D eigenvalue weighted by Gasteiger charge is -2.28. The quantitative estimate of drug-likeness (QED) is 0.0319. The molecule has 10 rings (SSSR count). The molecule has 11 nitrogen and oxygen atoms in total. The van der Waals surface area contributed by atoms with Crippen LogP contribution in [0.25, 0.3) is 38.4 Å². The fraction of sp³-hybridized carbons (Fsp3) is 0.224. The SMILES string of the molecule is Cc1ccc(C[N+]2=c3c(c4c(c5ccc(S(=O)(=O)O)cc35)=Cc3c(c5c(c6cc7cc(SOOO)ccc7cc36)N(Cc3ccc(C(=O)O)cc3)CC5(C)C)O4)C(C)(C)C2)cc1. The highest BCUT2D eigenvalue weighted by molar-refractivity contribution is 7.94. The monoisotopic (exact) mass is 867 g/mol. The molecule has 3 N–H and O–H groups in total. The number of carboxylic acid groups (broad SMARTS) is 1. The van der Waals surface area contributed by atoms with Crippen molar-refractivity contribution in [1.82, 2.24) is 4.58 Å². The number of anilines is 1. The van der Waals surface area contributed by atoms with Crippen LogP contribution < -0.4 is 24.8 Å². The molecule has 13 heteroatoms. The zero-order chi connectivity index (χ0) is 43.5. The van der Waals surface area contributed by atoms with Gasteiger partial charge in [0, 0.05) is 50.7 Å². The molecule has 0 saturated carbocycles. The van der Waals surface area contributed by atoms with Crippen molar-refractivity contribution in [3.63, 3.8) is 0 Å². The Bertz CT molecular complexity index is 3330. The van der Waals surface area contributed by atoms with E-state index in [1.807, 2.05) is 30.3 Å². The first-order chi connectivity index (χ1) is 29.5. The summed E-state index contributed by atoms with van der Waals surface area (Å²) in [6, 6.07) is 30.4. The third-order valence-electron chi connectivity index (χ3n) is 12.6. The zero-order valence-electron chi connectivity index (χ0n) is 34.6. The lowest BCUT2D eigenvalue weighted by molar-refractivity contribution is -0.432. The summed E-state index contributed by atoms with van der Waals surface area (Å²) in [5.74, 6) is 0.512. The minimum Gasteiger partial charge on any atom is -0.478 e. The largest absolute Gasteiger partial charge is 0.478 e. The van der Waals surface area contributed by atoms with Gasteiger partial charge in [-0.3, -0.25) is 4.55 Å². The lowest BCUT2D eigenvalue weighted by atomic mass is 9.80. The van der Waals surface area contributed by atoms with Crippen LogP contribution in [0.5, 0.6) is 11.5 Å². The molecule has 0 aromatic heterocycles. The van der Waals surface area contributed by atoms with Crippen molar-refractivity contribution in [2.45, 2.75) is 68.3 Å². The number of benzene rings is 7. The van der Waals surface area contributed by atoms with Gasteiger partial charge in [-0.25, -0.2) is 14.6 Å². The number of ether oxygens (including phenoxy) is 1. The second-order valence-corrected chi connectivity index (χ2v) is 20.2. The topological polar surface area (TPSA) is 146 Å². The Hall–Kier alpha value is -5.80. The summed E-state index contributed by atoms with van der Waals surface area (Å²) in [5.41, 5.74) is 6.57. The van der Waals surface area contributed by atoms with Crippen LogP contribution in [0.3, 0.4) is 0 Å². The number of fused-ring (bicyclic) bond motifs is 13. The molecule has 3 aliphatic rings. The Morgan fingerprint density at radius 2 is 1.55 bits per heavy atom. The summed E-state index contributed by atoms with van der Waals surface area (Å²) in [6.45, 7) is 13.3. The molecule has 0 spiro atoms. The van der Waals surface area contributed by atoms with E-state index < -0.39 is 26.9 Å². The third-order valence-corrected chi connectivity index (χ3v) is 14.0. The second-order valence-electron chi connectivity index (χ2n) is 18.0. The highest BCUT2D eigenvalue weighted by Crippen LogP contribution is 2.55.